The van der Waals surface area contributed by atoms with E-state index in [2.05, 4.69) is 5.32 Å². The summed E-state index contributed by atoms with van der Waals surface area (Å²) >= 11 is 0. The van der Waals surface area contributed by atoms with Crippen molar-refractivity contribution in [3.8, 4) is 5.75 Å². The molecule has 0 saturated carbocycles. The van der Waals surface area contributed by atoms with Crippen LogP contribution in [-0.4, -0.2) is 45.6 Å². The molecule has 0 unspecified atom stereocenters. The Hall–Kier alpha value is -1.67. The third kappa shape index (κ3) is 4.98. The van der Waals surface area contributed by atoms with E-state index in [1.165, 1.54) is 32.4 Å². The summed E-state index contributed by atoms with van der Waals surface area (Å²) in [5.74, 6) is -0.484. The number of benzene rings is 1. The highest BCUT2D eigenvalue weighted by Gasteiger charge is 2.19. The standard InChI is InChI=1S/C13H19FN2O4S/c1-9(11-7-10(14)5-6-12(11)20-3)15-13(17)8-16(2)21(4,18)19/h5-7,9H,8H2,1-4H3,(H,15,17)/t9-/m0/s1. The molecule has 0 fully saturated rings. The molecule has 0 aliphatic heterocycles. The number of sulfonamides is 1. The number of methoxy groups -OCH3 is 1. The summed E-state index contributed by atoms with van der Waals surface area (Å²) in [5, 5.41) is 2.61. The van der Waals surface area contributed by atoms with Crippen molar-refractivity contribution in [3.63, 3.8) is 0 Å². The summed E-state index contributed by atoms with van der Waals surface area (Å²) < 4.78 is 41.8. The van der Waals surface area contributed by atoms with Crippen LogP contribution in [0, 0.1) is 5.82 Å². The first-order chi connectivity index (χ1) is 9.65. The smallest absolute Gasteiger partial charge is 0.235 e. The molecule has 6 nitrogen and oxygen atoms in total. The maximum atomic E-state index is 13.3. The number of amides is 1. The maximum absolute atomic E-state index is 13.3. The van der Waals surface area contributed by atoms with E-state index in [4.69, 9.17) is 4.74 Å². The zero-order valence-corrected chi connectivity index (χ0v) is 13.2. The molecular weight excluding hydrogens is 299 g/mol. The average Bonchev–Trinajstić information content (AvgIpc) is 2.37. The minimum atomic E-state index is -3.43. The van der Waals surface area contributed by atoms with Gasteiger partial charge in [0.25, 0.3) is 0 Å². The van der Waals surface area contributed by atoms with Crippen LogP contribution >= 0.6 is 0 Å². The molecule has 21 heavy (non-hydrogen) atoms. The van der Waals surface area contributed by atoms with Crippen LogP contribution in [0.15, 0.2) is 18.2 Å². The topological polar surface area (TPSA) is 75.7 Å². The van der Waals surface area contributed by atoms with Crippen molar-refractivity contribution >= 4 is 15.9 Å². The van der Waals surface area contributed by atoms with E-state index in [0.29, 0.717) is 11.3 Å². The number of likely N-dealkylation sites (N-methyl/N-ethyl adjacent to an activating group) is 1. The number of carbonyl (C=O) groups is 1. The molecule has 1 rings (SSSR count). The highest BCUT2D eigenvalue weighted by atomic mass is 32.2. The summed E-state index contributed by atoms with van der Waals surface area (Å²) in [6.07, 6.45) is 1.01. The number of rotatable bonds is 6. The van der Waals surface area contributed by atoms with Gasteiger partial charge in [0.15, 0.2) is 0 Å². The Labute approximate surface area is 123 Å². The van der Waals surface area contributed by atoms with Crippen LogP contribution in [0.4, 0.5) is 4.39 Å². The second-order valence-electron chi connectivity index (χ2n) is 4.69. The van der Waals surface area contributed by atoms with Crippen molar-refractivity contribution < 1.29 is 22.3 Å². The van der Waals surface area contributed by atoms with E-state index in [1.54, 1.807) is 6.92 Å². The largest absolute Gasteiger partial charge is 0.496 e. The lowest BCUT2D eigenvalue weighted by Crippen LogP contribution is -2.38. The summed E-state index contributed by atoms with van der Waals surface area (Å²) in [4.78, 5) is 11.8. The minimum absolute atomic E-state index is 0.305. The maximum Gasteiger partial charge on any atom is 0.235 e. The Bertz CT molecular complexity index is 619. The molecule has 0 spiro atoms. The van der Waals surface area contributed by atoms with Gasteiger partial charge in [-0.2, -0.15) is 4.31 Å². The Morgan fingerprint density at radius 2 is 2.10 bits per heavy atom. The lowest BCUT2D eigenvalue weighted by atomic mass is 10.1. The van der Waals surface area contributed by atoms with E-state index in [0.717, 1.165) is 10.6 Å². The molecule has 0 heterocycles. The van der Waals surface area contributed by atoms with Crippen molar-refractivity contribution in [1.29, 1.82) is 0 Å². The van der Waals surface area contributed by atoms with Gasteiger partial charge in [0.1, 0.15) is 11.6 Å². The normalized spacial score (nSPS) is 13.0. The fourth-order valence-electron chi connectivity index (χ4n) is 1.73. The van der Waals surface area contributed by atoms with Gasteiger partial charge < -0.3 is 10.1 Å². The Kier molecular flexibility index (Phi) is 5.68. The van der Waals surface area contributed by atoms with Crippen molar-refractivity contribution in [2.45, 2.75) is 13.0 Å². The van der Waals surface area contributed by atoms with Gasteiger partial charge in [-0.05, 0) is 25.1 Å². The Morgan fingerprint density at radius 3 is 2.62 bits per heavy atom. The molecule has 0 aliphatic carbocycles. The summed E-state index contributed by atoms with van der Waals surface area (Å²) in [6.45, 7) is 1.36. The van der Waals surface area contributed by atoms with Gasteiger partial charge >= 0.3 is 0 Å². The van der Waals surface area contributed by atoms with Gasteiger partial charge in [0.2, 0.25) is 15.9 Å². The van der Waals surface area contributed by atoms with Gasteiger partial charge in [-0.25, -0.2) is 12.8 Å². The van der Waals surface area contributed by atoms with Gasteiger partial charge in [-0.1, -0.05) is 0 Å². The highest BCUT2D eigenvalue weighted by Crippen LogP contribution is 2.25. The molecule has 1 N–H and O–H groups in total. The summed E-state index contributed by atoms with van der Waals surface area (Å²) in [7, 11) is -0.675. The highest BCUT2D eigenvalue weighted by molar-refractivity contribution is 7.88. The lowest BCUT2D eigenvalue weighted by molar-refractivity contribution is -0.121. The number of halogens is 1. The predicted molar refractivity (Wildman–Crippen MR) is 77.0 cm³/mol. The monoisotopic (exact) mass is 318 g/mol. The van der Waals surface area contributed by atoms with E-state index in [1.807, 2.05) is 0 Å². The first-order valence-corrected chi connectivity index (χ1v) is 8.04. The number of carbonyl (C=O) groups excluding carboxylic acids is 1. The van der Waals surface area contributed by atoms with Crippen LogP contribution < -0.4 is 10.1 Å². The molecule has 1 atom stereocenters. The summed E-state index contributed by atoms with van der Waals surface area (Å²) in [5.41, 5.74) is 0.479. The lowest BCUT2D eigenvalue weighted by Gasteiger charge is -2.19. The van der Waals surface area contributed by atoms with E-state index < -0.39 is 27.8 Å². The van der Waals surface area contributed by atoms with E-state index >= 15 is 0 Å². The van der Waals surface area contributed by atoms with E-state index in [9.17, 15) is 17.6 Å². The fourth-order valence-corrected chi connectivity index (χ4v) is 2.08. The zero-order chi connectivity index (χ0) is 16.2. The van der Waals surface area contributed by atoms with Crippen molar-refractivity contribution in [1.82, 2.24) is 9.62 Å². The molecule has 8 heteroatoms. The van der Waals surface area contributed by atoms with Crippen LogP contribution in [0.5, 0.6) is 5.75 Å². The molecule has 0 saturated heterocycles. The Balaban J connectivity index is 2.79. The summed E-state index contributed by atoms with van der Waals surface area (Å²) in [6, 6.07) is 3.48. The second-order valence-corrected chi connectivity index (χ2v) is 6.78. The zero-order valence-electron chi connectivity index (χ0n) is 12.4. The number of ether oxygens (including phenoxy) is 1. The number of nitrogens with zero attached hydrogens (tertiary/aromatic N) is 1. The quantitative estimate of drug-likeness (QED) is 0.846. The SMILES string of the molecule is COc1ccc(F)cc1[C@H](C)NC(=O)CN(C)S(C)(=O)=O. The van der Waals surface area contributed by atoms with Gasteiger partial charge in [0.05, 0.1) is 26.0 Å². The van der Waals surface area contributed by atoms with Crippen LogP contribution in [0.3, 0.4) is 0 Å². The molecule has 1 aromatic rings. The van der Waals surface area contributed by atoms with Crippen molar-refractivity contribution in [2.24, 2.45) is 0 Å². The third-order valence-corrected chi connectivity index (χ3v) is 4.23. The molecule has 1 aromatic carbocycles. The number of nitrogens with one attached hydrogen (secondary N) is 1. The average molecular weight is 318 g/mol. The molecule has 0 aromatic heterocycles. The third-order valence-electron chi connectivity index (χ3n) is 2.97. The first kappa shape index (κ1) is 17.4. The van der Waals surface area contributed by atoms with Gasteiger partial charge in [-0.15, -0.1) is 0 Å². The molecule has 118 valence electrons. The molecule has 0 radical (unpaired) electrons. The number of hydrogen-bond donors (Lipinski definition) is 1. The molecule has 1 amide bonds. The predicted octanol–water partition coefficient (Wildman–Crippen LogP) is 0.903. The number of hydrogen-bond acceptors (Lipinski definition) is 4. The van der Waals surface area contributed by atoms with Crippen LogP contribution in [-0.2, 0) is 14.8 Å². The van der Waals surface area contributed by atoms with Crippen LogP contribution in [0.2, 0.25) is 0 Å². The van der Waals surface area contributed by atoms with Crippen molar-refractivity contribution in [2.75, 3.05) is 27.0 Å². The fraction of sp³-hybridized carbons (Fsp3) is 0.462. The molecule has 0 bridgehead atoms. The van der Waals surface area contributed by atoms with Crippen LogP contribution in [0.25, 0.3) is 0 Å². The minimum Gasteiger partial charge on any atom is -0.496 e. The second kappa shape index (κ2) is 6.86. The Morgan fingerprint density at radius 1 is 1.48 bits per heavy atom. The van der Waals surface area contributed by atoms with Crippen molar-refractivity contribution in [3.05, 3.63) is 29.6 Å². The molecule has 0 aliphatic rings. The van der Waals surface area contributed by atoms with E-state index in [-0.39, 0.29) is 6.54 Å². The van der Waals surface area contributed by atoms with Crippen LogP contribution in [0.1, 0.15) is 18.5 Å². The van der Waals surface area contributed by atoms with Gasteiger partial charge in [0, 0.05) is 12.6 Å². The molecular formula is C13H19FN2O4S. The van der Waals surface area contributed by atoms with Gasteiger partial charge in [-0.3, -0.25) is 4.79 Å². The first-order valence-electron chi connectivity index (χ1n) is 6.19.